The molecule has 0 spiro atoms. The minimum atomic E-state index is -0.531. The Hall–Kier alpha value is -4.13. The summed E-state index contributed by atoms with van der Waals surface area (Å²) >= 11 is 0. The smallest absolute Gasteiger partial charge is 0.282 e. The third-order valence-corrected chi connectivity index (χ3v) is 4.76. The quantitative estimate of drug-likeness (QED) is 0.487. The standard InChI is InChI=1S/C24H19FN2O4/c1-30-19-11-12-22(31-15-16-7-5-6-10-21(16)25)17(13-19)14-20-23(28)26-27(24(20)29)18-8-3-2-4-9-18/h2-14H,15H2,1H3,(H,26,28)/b20-14+. The molecule has 0 bridgehead atoms. The largest absolute Gasteiger partial charge is 0.497 e. The Morgan fingerprint density at radius 2 is 1.74 bits per heavy atom. The topological polar surface area (TPSA) is 67.9 Å². The van der Waals surface area contributed by atoms with Gasteiger partial charge >= 0.3 is 0 Å². The summed E-state index contributed by atoms with van der Waals surface area (Å²) in [6.07, 6.45) is 1.44. The molecule has 7 heteroatoms. The molecule has 31 heavy (non-hydrogen) atoms. The lowest BCUT2D eigenvalue weighted by atomic mass is 10.1. The number of hydrogen-bond donors (Lipinski definition) is 1. The molecule has 1 aliphatic heterocycles. The number of nitrogens with zero attached hydrogens (tertiary/aromatic N) is 1. The summed E-state index contributed by atoms with van der Waals surface area (Å²) in [5.74, 6) is -0.484. The van der Waals surface area contributed by atoms with Gasteiger partial charge in [0, 0.05) is 11.1 Å². The number of hydrazine groups is 1. The van der Waals surface area contributed by atoms with Crippen molar-refractivity contribution in [2.24, 2.45) is 0 Å². The van der Waals surface area contributed by atoms with Gasteiger partial charge in [0.15, 0.2) is 0 Å². The average Bonchev–Trinajstić information content (AvgIpc) is 3.08. The van der Waals surface area contributed by atoms with Crippen molar-refractivity contribution in [2.75, 3.05) is 12.1 Å². The third kappa shape index (κ3) is 4.25. The summed E-state index contributed by atoms with van der Waals surface area (Å²) < 4.78 is 25.0. The molecule has 1 N–H and O–H groups in total. The van der Waals surface area contributed by atoms with E-state index < -0.39 is 11.8 Å². The Morgan fingerprint density at radius 1 is 1.00 bits per heavy atom. The van der Waals surface area contributed by atoms with Crippen LogP contribution in [0, 0.1) is 5.82 Å². The van der Waals surface area contributed by atoms with Gasteiger partial charge in [0.1, 0.15) is 29.5 Å². The predicted octanol–water partition coefficient (Wildman–Crippen LogP) is 3.87. The number of amides is 2. The summed E-state index contributed by atoms with van der Waals surface area (Å²) in [6, 6.07) is 20.1. The molecule has 6 nitrogen and oxygen atoms in total. The average molecular weight is 418 g/mol. The zero-order valence-electron chi connectivity index (χ0n) is 16.7. The molecule has 3 aromatic carbocycles. The molecule has 2 amide bonds. The van der Waals surface area contributed by atoms with Crippen molar-refractivity contribution in [3.05, 3.63) is 95.3 Å². The van der Waals surface area contributed by atoms with Gasteiger partial charge in [-0.15, -0.1) is 0 Å². The molecule has 0 aliphatic carbocycles. The van der Waals surface area contributed by atoms with Crippen molar-refractivity contribution >= 4 is 23.6 Å². The maximum absolute atomic E-state index is 13.9. The maximum atomic E-state index is 13.9. The first-order valence-corrected chi connectivity index (χ1v) is 9.53. The van der Waals surface area contributed by atoms with Crippen molar-refractivity contribution in [2.45, 2.75) is 6.61 Å². The first-order valence-electron chi connectivity index (χ1n) is 9.53. The number of ether oxygens (including phenoxy) is 2. The van der Waals surface area contributed by atoms with E-state index in [0.29, 0.717) is 28.3 Å². The van der Waals surface area contributed by atoms with Crippen LogP contribution in [0.15, 0.2) is 78.4 Å². The highest BCUT2D eigenvalue weighted by Gasteiger charge is 2.34. The van der Waals surface area contributed by atoms with E-state index in [1.807, 2.05) is 6.07 Å². The molecule has 156 valence electrons. The lowest BCUT2D eigenvalue weighted by Gasteiger charge is -2.14. The van der Waals surface area contributed by atoms with Gasteiger partial charge in [-0.25, -0.2) is 9.40 Å². The normalized spacial score (nSPS) is 14.6. The molecule has 1 saturated heterocycles. The van der Waals surface area contributed by atoms with Crippen molar-refractivity contribution in [1.29, 1.82) is 0 Å². The highest BCUT2D eigenvalue weighted by molar-refractivity contribution is 6.31. The van der Waals surface area contributed by atoms with E-state index in [9.17, 15) is 14.0 Å². The van der Waals surface area contributed by atoms with Crippen LogP contribution in [0.5, 0.6) is 11.5 Å². The van der Waals surface area contributed by atoms with Gasteiger partial charge in [-0.05, 0) is 42.5 Å². The number of rotatable bonds is 6. The van der Waals surface area contributed by atoms with E-state index in [0.717, 1.165) is 0 Å². The number of methoxy groups -OCH3 is 1. The minimum Gasteiger partial charge on any atom is -0.497 e. The second-order valence-electron chi connectivity index (χ2n) is 6.76. The number of anilines is 1. The molecule has 1 heterocycles. The Kier molecular flexibility index (Phi) is 5.66. The first kappa shape index (κ1) is 20.2. The molecule has 0 aromatic heterocycles. The molecular weight excluding hydrogens is 399 g/mol. The summed E-state index contributed by atoms with van der Waals surface area (Å²) in [4.78, 5) is 25.4. The minimum absolute atomic E-state index is 0.00847. The van der Waals surface area contributed by atoms with Crippen LogP contribution in [0.3, 0.4) is 0 Å². The van der Waals surface area contributed by atoms with Crippen molar-refractivity contribution in [3.8, 4) is 11.5 Å². The number of carbonyl (C=O) groups is 2. The fourth-order valence-electron chi connectivity index (χ4n) is 3.14. The zero-order valence-corrected chi connectivity index (χ0v) is 16.7. The molecule has 0 saturated carbocycles. The predicted molar refractivity (Wildman–Crippen MR) is 114 cm³/mol. The number of hydrogen-bond acceptors (Lipinski definition) is 4. The lowest BCUT2D eigenvalue weighted by molar-refractivity contribution is -0.117. The van der Waals surface area contributed by atoms with E-state index in [4.69, 9.17) is 9.47 Å². The second-order valence-corrected chi connectivity index (χ2v) is 6.76. The molecule has 0 unspecified atom stereocenters. The fraction of sp³-hybridized carbons (Fsp3) is 0.0833. The van der Waals surface area contributed by atoms with E-state index >= 15 is 0 Å². The van der Waals surface area contributed by atoms with Gasteiger partial charge in [0.25, 0.3) is 11.8 Å². The van der Waals surface area contributed by atoms with E-state index in [-0.39, 0.29) is 18.0 Å². The van der Waals surface area contributed by atoms with Crippen LogP contribution < -0.4 is 19.9 Å². The van der Waals surface area contributed by atoms with Crippen LogP contribution in [-0.4, -0.2) is 18.9 Å². The molecule has 0 radical (unpaired) electrons. The second kappa shape index (κ2) is 8.71. The highest BCUT2D eigenvalue weighted by Crippen LogP contribution is 2.29. The number of benzene rings is 3. The van der Waals surface area contributed by atoms with Gasteiger partial charge < -0.3 is 9.47 Å². The molecule has 0 atom stereocenters. The van der Waals surface area contributed by atoms with Crippen molar-refractivity contribution < 1.29 is 23.5 Å². The molecule has 4 rings (SSSR count). The Balaban J connectivity index is 1.65. The Bertz CT molecular complexity index is 1160. The van der Waals surface area contributed by atoms with E-state index in [2.05, 4.69) is 5.43 Å². The number of halogens is 1. The van der Waals surface area contributed by atoms with Crippen molar-refractivity contribution in [1.82, 2.24) is 5.43 Å². The van der Waals surface area contributed by atoms with Crippen LogP contribution in [0.2, 0.25) is 0 Å². The highest BCUT2D eigenvalue weighted by atomic mass is 19.1. The SMILES string of the molecule is COc1ccc(OCc2ccccc2F)c(/C=C2\C(=O)NN(c3ccccc3)C2=O)c1. The van der Waals surface area contributed by atoms with E-state index in [1.54, 1.807) is 60.7 Å². The van der Waals surface area contributed by atoms with Gasteiger partial charge in [-0.2, -0.15) is 0 Å². The Labute approximate surface area is 178 Å². The van der Waals surface area contributed by atoms with Crippen LogP contribution in [-0.2, 0) is 16.2 Å². The monoisotopic (exact) mass is 418 g/mol. The first-order chi connectivity index (χ1) is 15.1. The summed E-state index contributed by atoms with van der Waals surface area (Å²) in [5.41, 5.74) is 3.91. The summed E-state index contributed by atoms with van der Waals surface area (Å²) in [6.45, 7) is -0.00847. The van der Waals surface area contributed by atoms with Crippen molar-refractivity contribution in [3.63, 3.8) is 0 Å². The number of nitrogens with one attached hydrogen (secondary N) is 1. The van der Waals surface area contributed by atoms with Gasteiger partial charge in [-0.1, -0.05) is 36.4 Å². The lowest BCUT2D eigenvalue weighted by Crippen LogP contribution is -2.35. The summed E-state index contributed by atoms with van der Waals surface area (Å²) in [5, 5.41) is 1.19. The van der Waals surface area contributed by atoms with Crippen LogP contribution in [0.25, 0.3) is 6.08 Å². The number of carbonyl (C=O) groups excluding carboxylic acids is 2. The maximum Gasteiger partial charge on any atom is 0.282 e. The zero-order chi connectivity index (χ0) is 21.8. The molecule has 1 fully saturated rings. The number of para-hydroxylation sites is 1. The fourth-order valence-corrected chi connectivity index (χ4v) is 3.14. The van der Waals surface area contributed by atoms with E-state index in [1.165, 1.54) is 24.3 Å². The molecule has 1 aliphatic rings. The van der Waals surface area contributed by atoms with Crippen LogP contribution in [0.1, 0.15) is 11.1 Å². The summed E-state index contributed by atoms with van der Waals surface area (Å²) in [7, 11) is 1.51. The Morgan fingerprint density at radius 3 is 2.48 bits per heavy atom. The third-order valence-electron chi connectivity index (χ3n) is 4.76. The van der Waals surface area contributed by atoms with Crippen LogP contribution >= 0.6 is 0 Å². The van der Waals surface area contributed by atoms with Gasteiger partial charge in [0.05, 0.1) is 12.8 Å². The molecular formula is C24H19FN2O4. The molecule has 3 aromatic rings. The van der Waals surface area contributed by atoms with Crippen LogP contribution in [0.4, 0.5) is 10.1 Å². The van der Waals surface area contributed by atoms with Gasteiger partial charge in [-0.3, -0.25) is 15.0 Å². The van der Waals surface area contributed by atoms with Gasteiger partial charge in [0.2, 0.25) is 0 Å².